The van der Waals surface area contributed by atoms with Crippen LogP contribution in [0.25, 0.3) is 0 Å². The lowest BCUT2D eigenvalue weighted by atomic mass is 10.3. The highest BCUT2D eigenvalue weighted by molar-refractivity contribution is 6.40. The third-order valence-corrected chi connectivity index (χ3v) is 3.15. The number of hydrogen-bond donors (Lipinski definition) is 0. The van der Waals surface area contributed by atoms with E-state index in [1.807, 2.05) is 17.6 Å². The van der Waals surface area contributed by atoms with Gasteiger partial charge in [-0.3, -0.25) is 0 Å². The van der Waals surface area contributed by atoms with Crippen LogP contribution in [0.4, 0.5) is 0 Å². The molecule has 0 aromatic carbocycles. The Morgan fingerprint density at radius 2 is 2.00 bits per heavy atom. The Morgan fingerprint density at radius 3 is 2.50 bits per heavy atom. The third kappa shape index (κ3) is 2.32. The van der Waals surface area contributed by atoms with Gasteiger partial charge in [-0.1, -0.05) is 40.9 Å². The predicted molar refractivity (Wildman–Crippen MR) is 65.3 cm³/mol. The van der Waals surface area contributed by atoms with E-state index in [2.05, 4.69) is 9.97 Å². The highest BCUT2D eigenvalue weighted by atomic mass is 35.5. The van der Waals surface area contributed by atoms with Crippen LogP contribution >= 0.6 is 34.8 Å². The molecule has 0 bridgehead atoms. The second-order valence-corrected chi connectivity index (χ2v) is 4.42. The molecule has 6 heteroatoms. The van der Waals surface area contributed by atoms with E-state index >= 15 is 0 Å². The van der Waals surface area contributed by atoms with Gasteiger partial charge in [0, 0.05) is 6.20 Å². The largest absolute Gasteiger partial charge is 0.313 e. The van der Waals surface area contributed by atoms with Crippen LogP contribution < -0.4 is 0 Å². The van der Waals surface area contributed by atoms with Crippen molar-refractivity contribution in [3.63, 3.8) is 0 Å². The zero-order valence-electron chi connectivity index (χ0n) is 8.41. The Bertz CT molecular complexity index is 505. The fraction of sp³-hybridized carbons (Fsp3) is 0.200. The van der Waals surface area contributed by atoms with E-state index in [4.69, 9.17) is 34.8 Å². The SMILES string of the molecule is Cc1nc(Cl)c(Cl)n1Cc1ccc(Cl)nc1. The Labute approximate surface area is 108 Å². The number of pyridine rings is 1. The molecule has 0 N–H and O–H groups in total. The molecular formula is C10H8Cl3N3. The second kappa shape index (κ2) is 4.62. The molecular weight excluding hydrogens is 268 g/mol. The van der Waals surface area contributed by atoms with E-state index in [9.17, 15) is 0 Å². The van der Waals surface area contributed by atoms with Crippen molar-refractivity contribution in [2.75, 3.05) is 0 Å². The number of halogens is 3. The molecule has 0 saturated carbocycles. The molecule has 0 atom stereocenters. The number of aromatic nitrogens is 3. The molecule has 3 nitrogen and oxygen atoms in total. The van der Waals surface area contributed by atoms with Gasteiger partial charge in [-0.25, -0.2) is 9.97 Å². The maximum atomic E-state index is 6.02. The molecule has 2 aromatic rings. The Balaban J connectivity index is 2.30. The predicted octanol–water partition coefficient (Wildman–Crippen LogP) is 3.60. The number of nitrogens with zero attached hydrogens (tertiary/aromatic N) is 3. The Hall–Kier alpha value is -0.770. The van der Waals surface area contributed by atoms with Gasteiger partial charge >= 0.3 is 0 Å². The fourth-order valence-electron chi connectivity index (χ4n) is 1.37. The number of aryl methyl sites for hydroxylation is 1. The van der Waals surface area contributed by atoms with Gasteiger partial charge in [-0.15, -0.1) is 0 Å². The summed E-state index contributed by atoms with van der Waals surface area (Å²) in [6.45, 7) is 2.43. The molecule has 0 aliphatic carbocycles. The first-order valence-electron chi connectivity index (χ1n) is 4.56. The van der Waals surface area contributed by atoms with Crippen molar-refractivity contribution >= 4 is 34.8 Å². The number of hydrogen-bond acceptors (Lipinski definition) is 2. The summed E-state index contributed by atoms with van der Waals surface area (Å²) in [4.78, 5) is 8.07. The maximum absolute atomic E-state index is 6.02. The summed E-state index contributed by atoms with van der Waals surface area (Å²) in [7, 11) is 0. The van der Waals surface area contributed by atoms with Gasteiger partial charge < -0.3 is 4.57 Å². The summed E-state index contributed by atoms with van der Waals surface area (Å²) in [5.41, 5.74) is 0.989. The molecule has 0 fully saturated rings. The minimum Gasteiger partial charge on any atom is -0.313 e. The van der Waals surface area contributed by atoms with Crippen LogP contribution in [0.1, 0.15) is 11.4 Å². The lowest BCUT2D eigenvalue weighted by molar-refractivity contribution is 0.759. The van der Waals surface area contributed by atoms with Crippen LogP contribution in [0, 0.1) is 6.92 Å². The van der Waals surface area contributed by atoms with E-state index in [0.29, 0.717) is 22.0 Å². The van der Waals surface area contributed by atoms with Crippen molar-refractivity contribution in [3.05, 3.63) is 45.2 Å². The van der Waals surface area contributed by atoms with Crippen molar-refractivity contribution in [3.8, 4) is 0 Å². The molecule has 0 radical (unpaired) electrons. The fourth-order valence-corrected chi connectivity index (χ4v) is 1.93. The summed E-state index contributed by atoms with van der Waals surface area (Å²) in [6.07, 6.45) is 1.70. The number of rotatable bonds is 2. The van der Waals surface area contributed by atoms with E-state index < -0.39 is 0 Å². The molecule has 2 aromatic heterocycles. The second-order valence-electron chi connectivity index (χ2n) is 3.32. The third-order valence-electron chi connectivity index (χ3n) is 2.19. The van der Waals surface area contributed by atoms with Crippen molar-refractivity contribution in [1.29, 1.82) is 0 Å². The minimum atomic E-state index is 0.320. The van der Waals surface area contributed by atoms with E-state index in [-0.39, 0.29) is 0 Å². The smallest absolute Gasteiger partial charge is 0.166 e. The van der Waals surface area contributed by atoms with Crippen LogP contribution in [0.15, 0.2) is 18.3 Å². The summed E-state index contributed by atoms with van der Waals surface area (Å²) in [5, 5.41) is 1.23. The normalized spacial score (nSPS) is 10.8. The molecule has 0 aliphatic heterocycles. The van der Waals surface area contributed by atoms with E-state index in [1.54, 1.807) is 12.3 Å². The van der Waals surface area contributed by atoms with Crippen LogP contribution in [-0.4, -0.2) is 14.5 Å². The standard InChI is InChI=1S/C10H8Cl3N3/c1-6-15-9(12)10(13)16(6)5-7-2-3-8(11)14-4-7/h2-4H,5H2,1H3. The van der Waals surface area contributed by atoms with Crippen molar-refractivity contribution < 1.29 is 0 Å². The lowest BCUT2D eigenvalue weighted by Gasteiger charge is -2.06. The Morgan fingerprint density at radius 1 is 1.25 bits per heavy atom. The number of imidazole rings is 1. The first kappa shape index (κ1) is 11.7. The average molecular weight is 277 g/mol. The van der Waals surface area contributed by atoms with Gasteiger partial charge in [0.25, 0.3) is 0 Å². The van der Waals surface area contributed by atoms with Crippen molar-refractivity contribution in [1.82, 2.24) is 14.5 Å². The molecule has 16 heavy (non-hydrogen) atoms. The summed E-state index contributed by atoms with van der Waals surface area (Å²) >= 11 is 17.5. The van der Waals surface area contributed by atoms with Crippen LogP contribution in [0.2, 0.25) is 15.5 Å². The molecule has 0 amide bonds. The van der Waals surface area contributed by atoms with Gasteiger partial charge in [0.15, 0.2) is 5.15 Å². The Kier molecular flexibility index (Phi) is 3.38. The molecule has 2 heterocycles. The average Bonchev–Trinajstić information content (AvgIpc) is 2.48. The summed E-state index contributed by atoms with van der Waals surface area (Å²) in [6, 6.07) is 3.62. The molecule has 0 spiro atoms. The van der Waals surface area contributed by atoms with Gasteiger partial charge in [-0.2, -0.15) is 0 Å². The highest BCUT2D eigenvalue weighted by Gasteiger charge is 2.10. The quantitative estimate of drug-likeness (QED) is 0.785. The molecule has 2 rings (SSSR count). The zero-order chi connectivity index (χ0) is 11.7. The molecule has 0 saturated heterocycles. The van der Waals surface area contributed by atoms with Gasteiger partial charge in [0.1, 0.15) is 16.1 Å². The maximum Gasteiger partial charge on any atom is 0.166 e. The van der Waals surface area contributed by atoms with E-state index in [1.165, 1.54) is 0 Å². The van der Waals surface area contributed by atoms with Gasteiger partial charge in [-0.05, 0) is 18.6 Å². The van der Waals surface area contributed by atoms with Gasteiger partial charge in [0.05, 0.1) is 6.54 Å². The molecule has 0 aliphatic rings. The zero-order valence-corrected chi connectivity index (χ0v) is 10.7. The first-order chi connectivity index (χ1) is 7.58. The van der Waals surface area contributed by atoms with Crippen LogP contribution in [0.3, 0.4) is 0 Å². The van der Waals surface area contributed by atoms with E-state index in [0.717, 1.165) is 11.4 Å². The van der Waals surface area contributed by atoms with Crippen LogP contribution in [0.5, 0.6) is 0 Å². The van der Waals surface area contributed by atoms with Crippen molar-refractivity contribution in [2.24, 2.45) is 0 Å². The molecule has 84 valence electrons. The van der Waals surface area contributed by atoms with Gasteiger partial charge in [0.2, 0.25) is 0 Å². The van der Waals surface area contributed by atoms with Crippen molar-refractivity contribution in [2.45, 2.75) is 13.5 Å². The summed E-state index contributed by atoms with van der Waals surface area (Å²) < 4.78 is 1.81. The monoisotopic (exact) mass is 275 g/mol. The van der Waals surface area contributed by atoms with Crippen LogP contribution in [-0.2, 0) is 6.54 Å². The minimum absolute atomic E-state index is 0.320. The topological polar surface area (TPSA) is 30.7 Å². The first-order valence-corrected chi connectivity index (χ1v) is 5.70. The molecule has 0 unspecified atom stereocenters. The summed E-state index contributed by atoms with van der Waals surface area (Å²) in [5.74, 6) is 0.768. The highest BCUT2D eigenvalue weighted by Crippen LogP contribution is 2.23. The lowest BCUT2D eigenvalue weighted by Crippen LogP contribution is -2.02.